The standard InChI is InChI=1S/C30H36N2O5/c1-3-37-29(35)30-17-10-9-15-26(30)32(21-22-11-5-4-6-12-22)28(34)24(20-30)19-27(33)31-18-16-23-13-7-8-14-25(23)36-2/h4-8,11-15,24H,3,9-10,16-21H2,1-2H3,(H,31,33)/t24-,30+/m1/s1. The van der Waals surface area contributed by atoms with Crippen molar-refractivity contribution >= 4 is 17.8 Å². The van der Waals surface area contributed by atoms with Crippen LogP contribution >= 0.6 is 0 Å². The lowest BCUT2D eigenvalue weighted by atomic mass is 9.66. The maximum Gasteiger partial charge on any atom is 0.318 e. The Hall–Kier alpha value is -3.61. The van der Waals surface area contributed by atoms with Crippen molar-refractivity contribution in [3.63, 3.8) is 0 Å². The number of esters is 1. The van der Waals surface area contributed by atoms with Crippen LogP contribution in [0.3, 0.4) is 0 Å². The maximum absolute atomic E-state index is 13.8. The molecule has 1 fully saturated rings. The summed E-state index contributed by atoms with van der Waals surface area (Å²) >= 11 is 0. The molecule has 196 valence electrons. The van der Waals surface area contributed by atoms with Crippen LogP contribution in [0.15, 0.2) is 66.4 Å². The van der Waals surface area contributed by atoms with Crippen molar-refractivity contribution in [3.8, 4) is 5.75 Å². The van der Waals surface area contributed by atoms with E-state index in [9.17, 15) is 14.4 Å². The molecule has 0 spiro atoms. The van der Waals surface area contributed by atoms with E-state index in [0.717, 1.165) is 35.4 Å². The van der Waals surface area contributed by atoms with Crippen LogP contribution in [0.4, 0.5) is 0 Å². The van der Waals surface area contributed by atoms with Crippen LogP contribution in [0, 0.1) is 11.3 Å². The molecule has 1 saturated heterocycles. The zero-order valence-electron chi connectivity index (χ0n) is 21.7. The van der Waals surface area contributed by atoms with Gasteiger partial charge in [0.25, 0.3) is 0 Å². The Morgan fingerprint density at radius 1 is 1.11 bits per heavy atom. The average Bonchev–Trinajstić information content (AvgIpc) is 2.92. The average molecular weight is 505 g/mol. The van der Waals surface area contributed by atoms with Gasteiger partial charge in [0.1, 0.15) is 11.2 Å². The maximum atomic E-state index is 13.8. The first-order valence-electron chi connectivity index (χ1n) is 13.1. The summed E-state index contributed by atoms with van der Waals surface area (Å²) < 4.78 is 10.9. The highest BCUT2D eigenvalue weighted by atomic mass is 16.5. The van der Waals surface area contributed by atoms with E-state index in [1.165, 1.54) is 0 Å². The summed E-state index contributed by atoms with van der Waals surface area (Å²) in [4.78, 5) is 41.8. The van der Waals surface area contributed by atoms with Crippen LogP contribution in [-0.4, -0.2) is 42.9 Å². The zero-order valence-corrected chi connectivity index (χ0v) is 21.7. The van der Waals surface area contributed by atoms with Crippen molar-refractivity contribution in [2.75, 3.05) is 20.3 Å². The molecule has 0 saturated carbocycles. The molecule has 1 heterocycles. The molecule has 2 aromatic rings. The van der Waals surface area contributed by atoms with Crippen molar-refractivity contribution in [1.29, 1.82) is 0 Å². The number of carbonyl (C=O) groups is 3. The van der Waals surface area contributed by atoms with Gasteiger partial charge >= 0.3 is 5.97 Å². The number of rotatable bonds is 10. The summed E-state index contributed by atoms with van der Waals surface area (Å²) in [6.45, 7) is 2.86. The highest BCUT2D eigenvalue weighted by Crippen LogP contribution is 2.50. The van der Waals surface area contributed by atoms with Crippen LogP contribution in [0.1, 0.15) is 50.2 Å². The van der Waals surface area contributed by atoms with Crippen LogP contribution in [0.25, 0.3) is 0 Å². The summed E-state index contributed by atoms with van der Waals surface area (Å²) in [5, 5.41) is 2.96. The molecule has 7 heteroatoms. The van der Waals surface area contributed by atoms with Gasteiger partial charge in [-0.2, -0.15) is 0 Å². The minimum absolute atomic E-state index is 0.0322. The van der Waals surface area contributed by atoms with Crippen LogP contribution in [-0.2, 0) is 32.1 Å². The van der Waals surface area contributed by atoms with Crippen molar-refractivity contribution < 1.29 is 23.9 Å². The van der Waals surface area contributed by atoms with Crippen LogP contribution in [0.5, 0.6) is 5.75 Å². The number of hydrogen-bond acceptors (Lipinski definition) is 5. The van der Waals surface area contributed by atoms with Gasteiger partial charge in [0, 0.05) is 24.6 Å². The number of piperidine rings is 1. The molecule has 7 nitrogen and oxygen atoms in total. The topological polar surface area (TPSA) is 84.9 Å². The van der Waals surface area contributed by atoms with Gasteiger partial charge in [-0.1, -0.05) is 54.6 Å². The van der Waals surface area contributed by atoms with Gasteiger partial charge in [0.2, 0.25) is 11.8 Å². The fraction of sp³-hybridized carbons (Fsp3) is 0.433. The van der Waals surface area contributed by atoms with Crippen molar-refractivity contribution in [3.05, 3.63) is 77.5 Å². The Bertz CT molecular complexity index is 1150. The minimum atomic E-state index is -0.903. The molecule has 2 aromatic carbocycles. The zero-order chi connectivity index (χ0) is 26.3. The monoisotopic (exact) mass is 504 g/mol. The second-order valence-electron chi connectivity index (χ2n) is 9.71. The molecule has 1 aliphatic carbocycles. The number of nitrogens with zero attached hydrogens (tertiary/aromatic N) is 1. The van der Waals surface area contributed by atoms with Gasteiger partial charge in [0.15, 0.2) is 0 Å². The van der Waals surface area contributed by atoms with E-state index < -0.39 is 11.3 Å². The molecular formula is C30H36N2O5. The number of carbonyl (C=O) groups excluding carboxylic acids is 3. The molecule has 2 atom stereocenters. The Balaban J connectivity index is 1.52. The molecule has 1 N–H and O–H groups in total. The number of amides is 2. The highest BCUT2D eigenvalue weighted by Gasteiger charge is 2.54. The number of hydrogen-bond donors (Lipinski definition) is 1. The van der Waals surface area contributed by atoms with E-state index in [-0.39, 0.29) is 30.8 Å². The number of benzene rings is 2. The lowest BCUT2D eigenvalue weighted by Crippen LogP contribution is -2.54. The van der Waals surface area contributed by atoms with E-state index in [4.69, 9.17) is 9.47 Å². The number of nitrogens with one attached hydrogen (secondary N) is 1. The third-order valence-electron chi connectivity index (χ3n) is 7.33. The van der Waals surface area contributed by atoms with Gasteiger partial charge in [-0.3, -0.25) is 14.4 Å². The third-order valence-corrected chi connectivity index (χ3v) is 7.33. The SMILES string of the molecule is CCOC(=O)[C@]12CCCC=C1N(Cc1ccccc1)C(=O)[C@H](CC(=O)NCCc1ccccc1OC)C2. The normalized spacial score (nSPS) is 21.0. The molecule has 2 aliphatic rings. The molecular weight excluding hydrogens is 468 g/mol. The van der Waals surface area contributed by atoms with E-state index >= 15 is 0 Å². The molecule has 1 aliphatic heterocycles. The number of allylic oxidation sites excluding steroid dienone is 1. The third kappa shape index (κ3) is 5.87. The van der Waals surface area contributed by atoms with Crippen molar-refractivity contribution in [2.24, 2.45) is 11.3 Å². The van der Waals surface area contributed by atoms with E-state index in [0.29, 0.717) is 32.4 Å². The second-order valence-corrected chi connectivity index (χ2v) is 9.71. The second kappa shape index (κ2) is 12.1. The number of para-hydroxylation sites is 1. The first-order chi connectivity index (χ1) is 18.0. The smallest absolute Gasteiger partial charge is 0.318 e. The van der Waals surface area contributed by atoms with Gasteiger partial charge in [-0.25, -0.2) is 0 Å². The Labute approximate surface area is 218 Å². The summed E-state index contributed by atoms with van der Waals surface area (Å²) in [5.41, 5.74) is 1.81. The first kappa shape index (κ1) is 26.5. The molecule has 0 unspecified atom stereocenters. The van der Waals surface area contributed by atoms with E-state index in [2.05, 4.69) is 5.32 Å². The quantitative estimate of drug-likeness (QED) is 0.485. The fourth-order valence-corrected chi connectivity index (χ4v) is 5.58. The predicted molar refractivity (Wildman–Crippen MR) is 140 cm³/mol. The lowest BCUT2D eigenvalue weighted by molar-refractivity contribution is -0.162. The molecule has 0 bridgehead atoms. The molecule has 37 heavy (non-hydrogen) atoms. The summed E-state index contributed by atoms with van der Waals surface area (Å²) in [5.74, 6) is -0.432. The Kier molecular flexibility index (Phi) is 8.64. The summed E-state index contributed by atoms with van der Waals surface area (Å²) in [6.07, 6.45) is 5.23. The minimum Gasteiger partial charge on any atom is -0.496 e. The highest BCUT2D eigenvalue weighted by molar-refractivity contribution is 5.92. The van der Waals surface area contributed by atoms with Gasteiger partial charge in [-0.15, -0.1) is 0 Å². The number of fused-ring (bicyclic) bond motifs is 1. The molecule has 4 rings (SSSR count). The summed E-state index contributed by atoms with van der Waals surface area (Å²) in [6, 6.07) is 17.4. The predicted octanol–water partition coefficient (Wildman–Crippen LogP) is 4.41. The van der Waals surface area contributed by atoms with E-state index in [1.807, 2.05) is 60.7 Å². The Morgan fingerprint density at radius 2 is 1.86 bits per heavy atom. The number of likely N-dealkylation sites (tertiary alicyclic amines) is 1. The Morgan fingerprint density at radius 3 is 2.62 bits per heavy atom. The first-order valence-corrected chi connectivity index (χ1v) is 13.1. The van der Waals surface area contributed by atoms with E-state index in [1.54, 1.807) is 18.9 Å². The molecule has 2 amide bonds. The lowest BCUT2D eigenvalue weighted by Gasteiger charge is -2.48. The van der Waals surface area contributed by atoms with Gasteiger partial charge in [0.05, 0.1) is 20.3 Å². The summed E-state index contributed by atoms with van der Waals surface area (Å²) in [7, 11) is 1.63. The number of methoxy groups -OCH3 is 1. The fourth-order valence-electron chi connectivity index (χ4n) is 5.58. The van der Waals surface area contributed by atoms with Gasteiger partial charge < -0.3 is 19.7 Å². The van der Waals surface area contributed by atoms with Gasteiger partial charge in [-0.05, 0) is 56.2 Å². The molecule has 0 aromatic heterocycles. The largest absolute Gasteiger partial charge is 0.496 e. The number of ether oxygens (including phenoxy) is 2. The van der Waals surface area contributed by atoms with Crippen LogP contribution in [0.2, 0.25) is 0 Å². The van der Waals surface area contributed by atoms with Crippen molar-refractivity contribution in [2.45, 2.75) is 52.0 Å². The molecule has 0 radical (unpaired) electrons. The van der Waals surface area contributed by atoms with Crippen LogP contribution < -0.4 is 10.1 Å². The van der Waals surface area contributed by atoms with Crippen molar-refractivity contribution in [1.82, 2.24) is 10.2 Å².